The van der Waals surface area contributed by atoms with E-state index in [1.54, 1.807) is 6.08 Å². The molecule has 0 aliphatic carbocycles. The summed E-state index contributed by atoms with van der Waals surface area (Å²) in [6, 6.07) is 3.30. The van der Waals surface area contributed by atoms with E-state index in [0.717, 1.165) is 6.07 Å². The highest BCUT2D eigenvalue weighted by atomic mass is 35.5. The molecule has 0 aliphatic rings. The van der Waals surface area contributed by atoms with Gasteiger partial charge in [0.2, 0.25) is 10.0 Å². The zero-order chi connectivity index (χ0) is 15.9. The lowest BCUT2D eigenvalue weighted by atomic mass is 10.3. The van der Waals surface area contributed by atoms with Crippen molar-refractivity contribution in [1.82, 2.24) is 4.72 Å². The second-order valence-electron chi connectivity index (χ2n) is 3.96. The zero-order valence-electron chi connectivity index (χ0n) is 11.1. The quantitative estimate of drug-likeness (QED) is 0.323. The summed E-state index contributed by atoms with van der Waals surface area (Å²) >= 11 is 5.63. The number of nitrogens with zero attached hydrogens (tertiary/aromatic N) is 1. The highest BCUT2D eigenvalue weighted by molar-refractivity contribution is 7.89. The van der Waals surface area contributed by atoms with Crippen LogP contribution >= 0.6 is 11.6 Å². The van der Waals surface area contributed by atoms with Crippen LogP contribution in [0.2, 0.25) is 5.02 Å². The first kappa shape index (κ1) is 17.6. The lowest BCUT2D eigenvalue weighted by Gasteiger charge is -2.07. The summed E-state index contributed by atoms with van der Waals surface area (Å²) in [4.78, 5) is 9.79. The predicted octanol–water partition coefficient (Wildman–Crippen LogP) is 2.12. The molecule has 0 aromatic heterocycles. The number of ether oxygens (including phenoxy) is 1. The number of nitro groups is 1. The van der Waals surface area contributed by atoms with Crippen LogP contribution in [-0.2, 0) is 14.8 Å². The molecule has 1 N–H and O–H groups in total. The maximum Gasteiger partial charge on any atom is 0.289 e. The molecule has 0 spiro atoms. The summed E-state index contributed by atoms with van der Waals surface area (Å²) in [5.41, 5.74) is -0.457. The minimum Gasteiger partial charge on any atom is -0.380 e. The second-order valence-corrected chi connectivity index (χ2v) is 6.13. The fraction of sp³-hybridized carbons (Fsp3) is 0.333. The van der Waals surface area contributed by atoms with E-state index in [1.165, 1.54) is 12.1 Å². The number of sulfonamides is 1. The van der Waals surface area contributed by atoms with Crippen molar-refractivity contribution in [2.45, 2.75) is 11.3 Å². The van der Waals surface area contributed by atoms with Crippen molar-refractivity contribution in [1.29, 1.82) is 0 Å². The van der Waals surface area contributed by atoms with Crippen LogP contribution in [-0.4, -0.2) is 33.1 Å². The zero-order valence-corrected chi connectivity index (χ0v) is 12.7. The Hall–Kier alpha value is -1.48. The molecule has 116 valence electrons. The van der Waals surface area contributed by atoms with Crippen LogP contribution in [0.1, 0.15) is 6.42 Å². The molecular formula is C12H15ClN2O5S. The highest BCUT2D eigenvalue weighted by Gasteiger charge is 2.20. The SMILES string of the molecule is C=CCCOCCNS(=O)(=O)c1ccc(Cl)c([N+](=O)[O-])c1. The summed E-state index contributed by atoms with van der Waals surface area (Å²) in [5, 5.41) is 10.6. The Kier molecular flexibility index (Phi) is 6.76. The van der Waals surface area contributed by atoms with Crippen molar-refractivity contribution in [3.05, 3.63) is 46.0 Å². The first-order chi connectivity index (χ1) is 9.88. The molecule has 1 rings (SSSR count). The lowest BCUT2D eigenvalue weighted by molar-refractivity contribution is -0.384. The van der Waals surface area contributed by atoms with Crippen LogP contribution in [0.4, 0.5) is 5.69 Å². The number of nitro benzene ring substituents is 1. The van der Waals surface area contributed by atoms with Gasteiger partial charge in [-0.1, -0.05) is 17.7 Å². The smallest absolute Gasteiger partial charge is 0.289 e. The average molecular weight is 335 g/mol. The Morgan fingerprint density at radius 1 is 1.43 bits per heavy atom. The molecule has 1 aromatic carbocycles. The first-order valence-electron chi connectivity index (χ1n) is 6.00. The van der Waals surface area contributed by atoms with E-state index in [0.29, 0.717) is 13.0 Å². The van der Waals surface area contributed by atoms with Gasteiger partial charge in [0.1, 0.15) is 5.02 Å². The van der Waals surface area contributed by atoms with Gasteiger partial charge >= 0.3 is 0 Å². The first-order valence-corrected chi connectivity index (χ1v) is 7.87. The van der Waals surface area contributed by atoms with Gasteiger partial charge in [-0.3, -0.25) is 10.1 Å². The third-order valence-corrected chi connectivity index (χ3v) is 4.21. The number of nitrogens with one attached hydrogen (secondary N) is 1. The molecule has 21 heavy (non-hydrogen) atoms. The minimum atomic E-state index is -3.84. The van der Waals surface area contributed by atoms with Gasteiger partial charge in [0.25, 0.3) is 5.69 Å². The van der Waals surface area contributed by atoms with Gasteiger partial charge in [-0.25, -0.2) is 13.1 Å². The van der Waals surface area contributed by atoms with E-state index in [1.807, 2.05) is 0 Å². The van der Waals surface area contributed by atoms with Crippen molar-refractivity contribution < 1.29 is 18.1 Å². The van der Waals surface area contributed by atoms with Gasteiger partial charge in [0, 0.05) is 12.6 Å². The minimum absolute atomic E-state index is 0.0654. The molecule has 7 nitrogen and oxygen atoms in total. The second kappa shape index (κ2) is 8.08. The largest absolute Gasteiger partial charge is 0.380 e. The van der Waals surface area contributed by atoms with Crippen LogP contribution in [0.25, 0.3) is 0 Å². The number of benzene rings is 1. The molecule has 0 unspecified atom stereocenters. The fourth-order valence-corrected chi connectivity index (χ4v) is 2.62. The lowest BCUT2D eigenvalue weighted by Crippen LogP contribution is -2.27. The molecule has 0 saturated heterocycles. The highest BCUT2D eigenvalue weighted by Crippen LogP contribution is 2.26. The molecule has 9 heteroatoms. The van der Waals surface area contributed by atoms with Gasteiger partial charge in [0.05, 0.1) is 23.0 Å². The van der Waals surface area contributed by atoms with E-state index in [9.17, 15) is 18.5 Å². The number of hydrogen-bond donors (Lipinski definition) is 1. The van der Waals surface area contributed by atoms with E-state index in [4.69, 9.17) is 16.3 Å². The molecule has 0 amide bonds. The van der Waals surface area contributed by atoms with Crippen molar-refractivity contribution in [2.24, 2.45) is 0 Å². The summed E-state index contributed by atoms with van der Waals surface area (Å²) < 4.78 is 31.4. The number of hydrogen-bond acceptors (Lipinski definition) is 5. The fourth-order valence-electron chi connectivity index (χ4n) is 1.40. The molecule has 0 saturated carbocycles. The maximum atomic E-state index is 12.0. The maximum absolute atomic E-state index is 12.0. The van der Waals surface area contributed by atoms with Crippen LogP contribution in [0.3, 0.4) is 0 Å². The molecule has 0 aliphatic heterocycles. The van der Waals surface area contributed by atoms with Crippen LogP contribution in [0.15, 0.2) is 35.7 Å². The van der Waals surface area contributed by atoms with Crippen LogP contribution in [0, 0.1) is 10.1 Å². The van der Waals surface area contributed by atoms with Gasteiger partial charge < -0.3 is 4.74 Å². The third kappa shape index (κ3) is 5.43. The van der Waals surface area contributed by atoms with Crippen molar-refractivity contribution in [3.8, 4) is 0 Å². The molecule has 0 bridgehead atoms. The van der Waals surface area contributed by atoms with Crippen molar-refractivity contribution in [2.75, 3.05) is 19.8 Å². The molecule has 0 heterocycles. The van der Waals surface area contributed by atoms with Gasteiger partial charge in [-0.15, -0.1) is 6.58 Å². The van der Waals surface area contributed by atoms with Crippen LogP contribution in [0.5, 0.6) is 0 Å². The Labute approximate surface area is 127 Å². The molecule has 0 fully saturated rings. The Morgan fingerprint density at radius 3 is 2.76 bits per heavy atom. The number of rotatable bonds is 9. The summed E-state index contributed by atoms with van der Waals surface area (Å²) in [7, 11) is -3.84. The molecule has 0 atom stereocenters. The topological polar surface area (TPSA) is 98.5 Å². The summed E-state index contributed by atoms with van der Waals surface area (Å²) in [6.07, 6.45) is 2.37. The number of halogens is 1. The third-order valence-electron chi connectivity index (χ3n) is 2.43. The van der Waals surface area contributed by atoms with Crippen molar-refractivity contribution >= 4 is 27.3 Å². The average Bonchev–Trinajstić information content (AvgIpc) is 2.42. The van der Waals surface area contributed by atoms with E-state index in [2.05, 4.69) is 11.3 Å². The Bertz CT molecular complexity index is 618. The van der Waals surface area contributed by atoms with E-state index in [-0.39, 0.29) is 23.1 Å². The van der Waals surface area contributed by atoms with Gasteiger partial charge in [-0.05, 0) is 18.6 Å². The predicted molar refractivity (Wildman–Crippen MR) is 78.9 cm³/mol. The normalized spacial score (nSPS) is 11.3. The van der Waals surface area contributed by atoms with Crippen molar-refractivity contribution in [3.63, 3.8) is 0 Å². The van der Waals surface area contributed by atoms with E-state index >= 15 is 0 Å². The molecule has 0 radical (unpaired) electrons. The Morgan fingerprint density at radius 2 is 2.14 bits per heavy atom. The molecule has 1 aromatic rings. The van der Waals surface area contributed by atoms with Crippen LogP contribution < -0.4 is 4.72 Å². The van der Waals surface area contributed by atoms with Gasteiger partial charge in [-0.2, -0.15) is 0 Å². The van der Waals surface area contributed by atoms with E-state index < -0.39 is 20.6 Å². The summed E-state index contributed by atoms with van der Waals surface area (Å²) in [6.45, 7) is 4.25. The summed E-state index contributed by atoms with van der Waals surface area (Å²) in [5.74, 6) is 0. The molecular weight excluding hydrogens is 320 g/mol. The Balaban J connectivity index is 2.68. The monoisotopic (exact) mass is 334 g/mol. The standard InChI is InChI=1S/C12H15ClN2O5S/c1-2-3-7-20-8-6-14-21(18,19)10-4-5-11(13)12(9-10)15(16)17/h2,4-5,9,14H,1,3,6-8H2. The van der Waals surface area contributed by atoms with Gasteiger partial charge in [0.15, 0.2) is 0 Å².